The van der Waals surface area contributed by atoms with Crippen molar-refractivity contribution in [2.24, 2.45) is 5.92 Å². The molecule has 3 amide bonds. The number of para-hydroxylation sites is 1. The van der Waals surface area contributed by atoms with E-state index in [9.17, 15) is 9.59 Å². The van der Waals surface area contributed by atoms with Crippen LogP contribution in [-0.2, 0) is 11.2 Å². The van der Waals surface area contributed by atoms with Gasteiger partial charge < -0.3 is 20.3 Å². The molecule has 2 saturated heterocycles. The van der Waals surface area contributed by atoms with Gasteiger partial charge in [-0.2, -0.15) is 0 Å². The SMILES string of the molecule is COc1ccccc1CC1CCN(C(=O)[C@@H]2CNC(=O)N2)CC1. The Hall–Kier alpha value is -2.24. The van der Waals surface area contributed by atoms with Gasteiger partial charge >= 0.3 is 6.03 Å². The summed E-state index contributed by atoms with van der Waals surface area (Å²) in [5, 5.41) is 5.29. The summed E-state index contributed by atoms with van der Waals surface area (Å²) >= 11 is 0. The van der Waals surface area contributed by atoms with Crippen molar-refractivity contribution in [3.8, 4) is 5.75 Å². The van der Waals surface area contributed by atoms with Crippen molar-refractivity contribution in [1.29, 1.82) is 0 Å². The van der Waals surface area contributed by atoms with Gasteiger partial charge in [0, 0.05) is 19.6 Å². The highest BCUT2D eigenvalue weighted by atomic mass is 16.5. The average Bonchev–Trinajstić information content (AvgIpc) is 3.02. The Morgan fingerprint density at radius 2 is 2.04 bits per heavy atom. The number of benzene rings is 1. The number of urea groups is 1. The van der Waals surface area contributed by atoms with Crippen molar-refractivity contribution in [3.05, 3.63) is 29.8 Å². The number of rotatable bonds is 4. The van der Waals surface area contributed by atoms with Crippen LogP contribution < -0.4 is 15.4 Å². The Morgan fingerprint density at radius 1 is 1.30 bits per heavy atom. The molecule has 6 heteroatoms. The normalized spacial score (nSPS) is 21.7. The van der Waals surface area contributed by atoms with Crippen molar-refractivity contribution < 1.29 is 14.3 Å². The maximum Gasteiger partial charge on any atom is 0.315 e. The topological polar surface area (TPSA) is 70.7 Å². The van der Waals surface area contributed by atoms with Gasteiger partial charge in [-0.25, -0.2) is 4.79 Å². The molecule has 0 spiro atoms. The van der Waals surface area contributed by atoms with Crippen molar-refractivity contribution >= 4 is 11.9 Å². The van der Waals surface area contributed by atoms with Crippen molar-refractivity contribution in [2.45, 2.75) is 25.3 Å². The van der Waals surface area contributed by atoms with Crippen LogP contribution in [0.15, 0.2) is 24.3 Å². The second-order valence-electron chi connectivity index (χ2n) is 6.19. The first-order valence-electron chi connectivity index (χ1n) is 8.12. The predicted molar refractivity (Wildman–Crippen MR) is 86.3 cm³/mol. The fourth-order valence-electron chi connectivity index (χ4n) is 3.36. The summed E-state index contributed by atoms with van der Waals surface area (Å²) in [6.45, 7) is 1.90. The van der Waals surface area contributed by atoms with Gasteiger partial charge in [0.25, 0.3) is 0 Å². The van der Waals surface area contributed by atoms with E-state index in [1.54, 1.807) is 7.11 Å². The standard InChI is InChI=1S/C17H23N3O3/c1-23-15-5-3-2-4-13(15)10-12-6-8-20(9-7-12)16(21)14-11-18-17(22)19-14/h2-5,12,14H,6-11H2,1H3,(H2,18,19,22)/t14-/m0/s1. The van der Waals surface area contributed by atoms with Crippen LogP contribution in [-0.4, -0.2) is 49.6 Å². The Balaban J connectivity index is 1.52. The van der Waals surface area contributed by atoms with Gasteiger partial charge in [-0.3, -0.25) is 4.79 Å². The highest BCUT2D eigenvalue weighted by Crippen LogP contribution is 2.26. The number of hydrogen-bond donors (Lipinski definition) is 2. The van der Waals surface area contributed by atoms with Crippen molar-refractivity contribution in [3.63, 3.8) is 0 Å². The Morgan fingerprint density at radius 3 is 2.70 bits per heavy atom. The lowest BCUT2D eigenvalue weighted by Gasteiger charge is -2.33. The first kappa shape index (κ1) is 15.6. The fourth-order valence-corrected chi connectivity index (χ4v) is 3.36. The first-order chi connectivity index (χ1) is 11.2. The van der Waals surface area contributed by atoms with Crippen LogP contribution in [0.2, 0.25) is 0 Å². The van der Waals surface area contributed by atoms with Gasteiger partial charge in [0.2, 0.25) is 5.91 Å². The third-order valence-electron chi connectivity index (χ3n) is 4.70. The predicted octanol–water partition coefficient (Wildman–Crippen LogP) is 1.16. The summed E-state index contributed by atoms with van der Waals surface area (Å²) < 4.78 is 5.41. The molecule has 0 aliphatic carbocycles. The van der Waals surface area contributed by atoms with E-state index < -0.39 is 6.04 Å². The zero-order valence-corrected chi connectivity index (χ0v) is 13.4. The maximum atomic E-state index is 12.4. The molecule has 2 heterocycles. The van der Waals surface area contributed by atoms with E-state index in [1.165, 1.54) is 5.56 Å². The fraction of sp³-hybridized carbons (Fsp3) is 0.529. The summed E-state index contributed by atoms with van der Waals surface area (Å²) in [4.78, 5) is 25.4. The number of ether oxygens (including phenoxy) is 1. The maximum absolute atomic E-state index is 12.4. The molecule has 2 aliphatic rings. The molecule has 1 aromatic rings. The van der Waals surface area contributed by atoms with Crippen LogP contribution in [0.4, 0.5) is 4.79 Å². The lowest BCUT2D eigenvalue weighted by Crippen LogP contribution is -2.48. The third kappa shape index (κ3) is 3.57. The minimum Gasteiger partial charge on any atom is -0.496 e. The van der Waals surface area contributed by atoms with Gasteiger partial charge in [0.15, 0.2) is 0 Å². The highest BCUT2D eigenvalue weighted by molar-refractivity contribution is 5.90. The number of nitrogens with one attached hydrogen (secondary N) is 2. The molecule has 1 aromatic carbocycles. The minimum absolute atomic E-state index is 0.0269. The third-order valence-corrected chi connectivity index (χ3v) is 4.70. The van der Waals surface area contributed by atoms with Crippen molar-refractivity contribution in [2.75, 3.05) is 26.7 Å². The molecule has 2 fully saturated rings. The van der Waals surface area contributed by atoms with Gasteiger partial charge in [-0.05, 0) is 36.8 Å². The van der Waals surface area contributed by atoms with Crippen LogP contribution in [0.1, 0.15) is 18.4 Å². The largest absolute Gasteiger partial charge is 0.496 e. The number of carbonyl (C=O) groups excluding carboxylic acids is 2. The molecule has 23 heavy (non-hydrogen) atoms. The summed E-state index contributed by atoms with van der Waals surface area (Å²) in [7, 11) is 1.70. The van der Waals surface area contributed by atoms with Gasteiger partial charge in [0.05, 0.1) is 7.11 Å². The Labute approximate surface area is 136 Å². The van der Waals surface area contributed by atoms with E-state index in [4.69, 9.17) is 4.74 Å². The zero-order chi connectivity index (χ0) is 16.2. The number of likely N-dealkylation sites (tertiary alicyclic amines) is 1. The van der Waals surface area contributed by atoms with Crippen LogP contribution in [0.25, 0.3) is 0 Å². The average molecular weight is 317 g/mol. The summed E-state index contributed by atoms with van der Waals surface area (Å²) in [6.07, 6.45) is 2.95. The van der Waals surface area contributed by atoms with E-state index >= 15 is 0 Å². The smallest absolute Gasteiger partial charge is 0.315 e. The number of methoxy groups -OCH3 is 1. The number of nitrogens with zero attached hydrogens (tertiary/aromatic N) is 1. The van der Waals surface area contributed by atoms with E-state index in [1.807, 2.05) is 23.1 Å². The molecular formula is C17H23N3O3. The molecule has 124 valence electrons. The molecule has 0 unspecified atom stereocenters. The molecule has 0 radical (unpaired) electrons. The van der Waals surface area contributed by atoms with E-state index in [-0.39, 0.29) is 11.9 Å². The molecule has 1 atom stereocenters. The molecular weight excluding hydrogens is 294 g/mol. The molecule has 2 aliphatic heterocycles. The van der Waals surface area contributed by atoms with E-state index in [0.717, 1.165) is 38.1 Å². The Bertz CT molecular complexity index is 582. The summed E-state index contributed by atoms with van der Waals surface area (Å²) in [5.74, 6) is 1.52. The lowest BCUT2D eigenvalue weighted by atomic mass is 9.89. The molecule has 3 rings (SSSR count). The van der Waals surface area contributed by atoms with Crippen molar-refractivity contribution in [1.82, 2.24) is 15.5 Å². The first-order valence-corrected chi connectivity index (χ1v) is 8.12. The summed E-state index contributed by atoms with van der Waals surface area (Å²) in [5.41, 5.74) is 1.23. The van der Waals surface area contributed by atoms with E-state index in [2.05, 4.69) is 16.7 Å². The molecule has 0 saturated carbocycles. The monoisotopic (exact) mass is 317 g/mol. The summed E-state index contributed by atoms with van der Waals surface area (Å²) in [6, 6.07) is 7.45. The molecule has 0 aromatic heterocycles. The number of hydrogen-bond acceptors (Lipinski definition) is 3. The van der Waals surface area contributed by atoms with E-state index in [0.29, 0.717) is 12.5 Å². The minimum atomic E-state index is -0.409. The number of carbonyl (C=O) groups is 2. The quantitative estimate of drug-likeness (QED) is 0.875. The number of piperidine rings is 1. The molecule has 0 bridgehead atoms. The second-order valence-corrected chi connectivity index (χ2v) is 6.19. The highest BCUT2D eigenvalue weighted by Gasteiger charge is 2.32. The van der Waals surface area contributed by atoms with Crippen LogP contribution in [0, 0.1) is 5.92 Å². The second kappa shape index (κ2) is 6.89. The number of amides is 3. The van der Waals surface area contributed by atoms with Crippen LogP contribution >= 0.6 is 0 Å². The van der Waals surface area contributed by atoms with Crippen LogP contribution in [0.5, 0.6) is 5.75 Å². The van der Waals surface area contributed by atoms with Gasteiger partial charge in [0.1, 0.15) is 11.8 Å². The lowest BCUT2D eigenvalue weighted by molar-refractivity contribution is -0.134. The Kier molecular flexibility index (Phi) is 4.69. The van der Waals surface area contributed by atoms with Gasteiger partial charge in [-0.15, -0.1) is 0 Å². The van der Waals surface area contributed by atoms with Crippen LogP contribution in [0.3, 0.4) is 0 Å². The molecule has 2 N–H and O–H groups in total. The zero-order valence-electron chi connectivity index (χ0n) is 13.4. The van der Waals surface area contributed by atoms with Gasteiger partial charge in [-0.1, -0.05) is 18.2 Å². The molecule has 6 nitrogen and oxygen atoms in total.